The van der Waals surface area contributed by atoms with Gasteiger partial charge in [-0.15, -0.1) is 11.3 Å². The van der Waals surface area contributed by atoms with Crippen molar-refractivity contribution in [1.29, 1.82) is 0 Å². The molecule has 0 radical (unpaired) electrons. The van der Waals surface area contributed by atoms with E-state index in [1.54, 1.807) is 23.7 Å². The van der Waals surface area contributed by atoms with Crippen LogP contribution < -0.4 is 10.6 Å². The predicted molar refractivity (Wildman–Crippen MR) is 93.2 cm³/mol. The number of rotatable bonds is 4. The van der Waals surface area contributed by atoms with E-state index in [0.717, 1.165) is 28.2 Å². The van der Waals surface area contributed by atoms with Gasteiger partial charge in [-0.05, 0) is 23.9 Å². The van der Waals surface area contributed by atoms with E-state index in [-0.39, 0.29) is 11.8 Å². The Morgan fingerprint density at radius 1 is 1.38 bits per heavy atom. The van der Waals surface area contributed by atoms with Crippen LogP contribution in [0.15, 0.2) is 29.9 Å². The third-order valence-electron chi connectivity index (χ3n) is 3.98. The number of thiophene rings is 1. The molecule has 0 aliphatic carbocycles. The third-order valence-corrected chi connectivity index (χ3v) is 4.86. The standard InChI is InChI=1S/C16H16N6OS/c1-2-17-16-18-7-9(8-19-16)10-6-12(23)20-15-13(10)14(21-22-15)11-4-3-5-24-11/h3-5,7-8,10H,2,6H2,1H3,(H,17,18,19)(H2,20,21,22,23). The number of H-pyrrole nitrogens is 1. The Morgan fingerprint density at radius 3 is 2.92 bits per heavy atom. The molecule has 0 aromatic carbocycles. The highest BCUT2D eigenvalue weighted by molar-refractivity contribution is 7.13. The van der Waals surface area contributed by atoms with Crippen LogP contribution in [0.3, 0.4) is 0 Å². The van der Waals surface area contributed by atoms with E-state index in [9.17, 15) is 4.79 Å². The Kier molecular flexibility index (Phi) is 3.73. The lowest BCUT2D eigenvalue weighted by Gasteiger charge is -2.22. The average molecular weight is 340 g/mol. The number of hydrogen-bond donors (Lipinski definition) is 3. The van der Waals surface area contributed by atoms with Gasteiger partial charge < -0.3 is 10.6 Å². The fourth-order valence-corrected chi connectivity index (χ4v) is 3.65. The second kappa shape index (κ2) is 6.04. The molecule has 0 fully saturated rings. The van der Waals surface area contributed by atoms with Crippen LogP contribution in [0.2, 0.25) is 0 Å². The molecule has 3 aromatic rings. The van der Waals surface area contributed by atoms with Crippen LogP contribution in [0.1, 0.15) is 30.4 Å². The van der Waals surface area contributed by atoms with Crippen LogP contribution in [0.5, 0.6) is 0 Å². The summed E-state index contributed by atoms with van der Waals surface area (Å²) >= 11 is 1.64. The summed E-state index contributed by atoms with van der Waals surface area (Å²) in [5, 5.41) is 15.3. The van der Waals surface area contributed by atoms with E-state index >= 15 is 0 Å². The Balaban J connectivity index is 1.77. The summed E-state index contributed by atoms with van der Waals surface area (Å²) in [6.45, 7) is 2.76. The monoisotopic (exact) mass is 340 g/mol. The molecule has 122 valence electrons. The maximum Gasteiger partial charge on any atom is 0.226 e. The SMILES string of the molecule is CCNc1ncc(C2CC(=O)Nc3n[nH]c(-c4cccs4)c32)cn1. The van der Waals surface area contributed by atoms with Crippen LogP contribution in [-0.4, -0.2) is 32.6 Å². The minimum atomic E-state index is -0.111. The number of amides is 1. The molecule has 0 saturated heterocycles. The molecule has 0 bridgehead atoms. The van der Waals surface area contributed by atoms with Gasteiger partial charge in [0, 0.05) is 36.8 Å². The first kappa shape index (κ1) is 14.8. The van der Waals surface area contributed by atoms with Crippen molar-refractivity contribution in [1.82, 2.24) is 20.2 Å². The van der Waals surface area contributed by atoms with E-state index in [2.05, 4.69) is 30.8 Å². The number of aromatic nitrogens is 4. The van der Waals surface area contributed by atoms with Crippen LogP contribution in [-0.2, 0) is 4.79 Å². The summed E-state index contributed by atoms with van der Waals surface area (Å²) in [7, 11) is 0. The quantitative estimate of drug-likeness (QED) is 0.679. The normalized spacial score (nSPS) is 16.5. The molecule has 3 aromatic heterocycles. The fraction of sp³-hybridized carbons (Fsp3) is 0.250. The summed E-state index contributed by atoms with van der Waals surface area (Å²) in [6.07, 6.45) is 3.92. The molecule has 4 heterocycles. The van der Waals surface area contributed by atoms with Gasteiger partial charge in [-0.1, -0.05) is 6.07 Å². The highest BCUT2D eigenvalue weighted by atomic mass is 32.1. The molecule has 0 saturated carbocycles. The number of hydrogen-bond acceptors (Lipinski definition) is 6. The Bertz CT molecular complexity index is 855. The molecule has 1 aliphatic heterocycles. The smallest absolute Gasteiger partial charge is 0.226 e. The molecule has 1 aliphatic rings. The van der Waals surface area contributed by atoms with Gasteiger partial charge in [-0.3, -0.25) is 9.89 Å². The largest absolute Gasteiger partial charge is 0.355 e. The number of carbonyl (C=O) groups is 1. The summed E-state index contributed by atoms with van der Waals surface area (Å²) in [6, 6.07) is 4.04. The van der Waals surface area contributed by atoms with Crippen LogP contribution >= 0.6 is 11.3 Å². The number of anilines is 2. The van der Waals surface area contributed by atoms with Crippen molar-refractivity contribution >= 4 is 29.0 Å². The maximum atomic E-state index is 12.1. The van der Waals surface area contributed by atoms with Crippen molar-refractivity contribution in [3.63, 3.8) is 0 Å². The second-order valence-corrected chi connectivity index (χ2v) is 6.46. The van der Waals surface area contributed by atoms with Crippen LogP contribution in [0.4, 0.5) is 11.8 Å². The van der Waals surface area contributed by atoms with Gasteiger partial charge >= 0.3 is 0 Å². The van der Waals surface area contributed by atoms with Crippen molar-refractivity contribution in [3.8, 4) is 10.6 Å². The van der Waals surface area contributed by atoms with Gasteiger partial charge in [0.05, 0.1) is 10.6 Å². The number of nitrogens with one attached hydrogen (secondary N) is 3. The van der Waals surface area contributed by atoms with Crippen LogP contribution in [0, 0.1) is 0 Å². The number of carbonyl (C=O) groups excluding carboxylic acids is 1. The van der Waals surface area contributed by atoms with Crippen molar-refractivity contribution in [2.24, 2.45) is 0 Å². The molecule has 8 heteroatoms. The average Bonchev–Trinajstić information content (AvgIpc) is 3.24. The van der Waals surface area contributed by atoms with Crippen molar-refractivity contribution in [2.45, 2.75) is 19.3 Å². The van der Waals surface area contributed by atoms with Crippen LogP contribution in [0.25, 0.3) is 10.6 Å². The molecule has 7 nitrogen and oxygen atoms in total. The molecule has 4 rings (SSSR count). The lowest BCUT2D eigenvalue weighted by atomic mass is 9.87. The highest BCUT2D eigenvalue weighted by Crippen LogP contribution is 2.42. The van der Waals surface area contributed by atoms with Crippen molar-refractivity contribution < 1.29 is 4.79 Å². The molecule has 3 N–H and O–H groups in total. The summed E-state index contributed by atoms with van der Waals surface area (Å²) in [5.74, 6) is 1.02. The van der Waals surface area contributed by atoms with Gasteiger partial charge in [-0.25, -0.2) is 9.97 Å². The topological polar surface area (TPSA) is 95.6 Å². The zero-order valence-electron chi connectivity index (χ0n) is 13.0. The first-order chi connectivity index (χ1) is 11.8. The van der Waals surface area contributed by atoms with Gasteiger partial charge in [0.25, 0.3) is 0 Å². The zero-order valence-corrected chi connectivity index (χ0v) is 13.9. The molecular formula is C16H16N6OS. The van der Waals surface area contributed by atoms with E-state index in [4.69, 9.17) is 0 Å². The predicted octanol–water partition coefficient (Wildman–Crippen LogP) is 2.83. The molecule has 1 amide bonds. The number of nitrogens with zero attached hydrogens (tertiary/aromatic N) is 3. The highest BCUT2D eigenvalue weighted by Gasteiger charge is 2.32. The lowest BCUT2D eigenvalue weighted by Crippen LogP contribution is -2.23. The summed E-state index contributed by atoms with van der Waals surface area (Å²) in [4.78, 5) is 21.8. The van der Waals surface area contributed by atoms with E-state index in [0.29, 0.717) is 18.2 Å². The Morgan fingerprint density at radius 2 is 2.21 bits per heavy atom. The first-order valence-corrected chi connectivity index (χ1v) is 8.62. The molecule has 0 spiro atoms. The van der Waals surface area contributed by atoms with Gasteiger partial charge in [-0.2, -0.15) is 5.10 Å². The van der Waals surface area contributed by atoms with Gasteiger partial charge in [0.1, 0.15) is 0 Å². The summed E-state index contributed by atoms with van der Waals surface area (Å²) in [5.41, 5.74) is 2.85. The van der Waals surface area contributed by atoms with E-state index in [1.807, 2.05) is 24.4 Å². The summed E-state index contributed by atoms with van der Waals surface area (Å²) < 4.78 is 0. The van der Waals surface area contributed by atoms with Gasteiger partial charge in [0.15, 0.2) is 5.82 Å². The zero-order chi connectivity index (χ0) is 16.5. The van der Waals surface area contributed by atoms with Crippen molar-refractivity contribution in [3.05, 3.63) is 41.0 Å². The van der Waals surface area contributed by atoms with E-state index in [1.165, 1.54) is 0 Å². The first-order valence-electron chi connectivity index (χ1n) is 7.74. The number of aromatic amines is 1. The second-order valence-electron chi connectivity index (χ2n) is 5.51. The Labute approximate surface area is 142 Å². The Hall–Kier alpha value is -2.74. The number of fused-ring (bicyclic) bond motifs is 1. The van der Waals surface area contributed by atoms with Crippen molar-refractivity contribution in [2.75, 3.05) is 17.2 Å². The maximum absolute atomic E-state index is 12.1. The molecule has 24 heavy (non-hydrogen) atoms. The fourth-order valence-electron chi connectivity index (χ4n) is 2.92. The van der Waals surface area contributed by atoms with Gasteiger partial charge in [0.2, 0.25) is 11.9 Å². The minimum absolute atomic E-state index is 0.0486. The molecule has 1 atom stereocenters. The van der Waals surface area contributed by atoms with E-state index < -0.39 is 0 Å². The third kappa shape index (κ3) is 2.54. The lowest BCUT2D eigenvalue weighted by molar-refractivity contribution is -0.116. The molecule has 1 unspecified atom stereocenters. The minimum Gasteiger partial charge on any atom is -0.355 e. The molecular weight excluding hydrogens is 324 g/mol.